The van der Waals surface area contributed by atoms with Crippen molar-refractivity contribution < 1.29 is 5.11 Å². The Kier molecular flexibility index (Phi) is 4.69. The predicted molar refractivity (Wildman–Crippen MR) is 57.5 cm³/mol. The topological polar surface area (TPSA) is 59.9 Å². The van der Waals surface area contributed by atoms with Crippen molar-refractivity contribution in [3.63, 3.8) is 0 Å². The first kappa shape index (κ1) is 11.3. The zero-order valence-electron chi connectivity index (χ0n) is 8.95. The third kappa shape index (κ3) is 4.43. The van der Waals surface area contributed by atoms with E-state index in [1.54, 1.807) is 0 Å². The third-order valence-electron chi connectivity index (χ3n) is 2.04. The summed E-state index contributed by atoms with van der Waals surface area (Å²) in [6.45, 7) is 3.09. The molecular formula is C9H20N4O. The summed E-state index contributed by atoms with van der Waals surface area (Å²) >= 11 is 0. The van der Waals surface area contributed by atoms with Gasteiger partial charge < -0.3 is 20.6 Å². The van der Waals surface area contributed by atoms with Gasteiger partial charge in [-0.1, -0.05) is 0 Å². The molecule has 0 bridgehead atoms. The first-order valence-electron chi connectivity index (χ1n) is 5.03. The van der Waals surface area contributed by atoms with Crippen molar-refractivity contribution in [2.75, 3.05) is 40.3 Å². The summed E-state index contributed by atoms with van der Waals surface area (Å²) in [4.78, 5) is 6.31. The number of aliphatic hydroxyl groups is 1. The number of β-amino-alcohol motifs (C(OH)–C–C–N with tert-alkyl or cyclic N) is 1. The second kappa shape index (κ2) is 5.82. The van der Waals surface area contributed by atoms with E-state index in [0.29, 0.717) is 13.1 Å². The van der Waals surface area contributed by atoms with E-state index in [1.807, 2.05) is 0 Å². The van der Waals surface area contributed by atoms with Gasteiger partial charge in [0.15, 0.2) is 5.96 Å². The zero-order chi connectivity index (χ0) is 10.4. The maximum Gasteiger partial charge on any atom is 0.191 e. The van der Waals surface area contributed by atoms with Crippen molar-refractivity contribution >= 4 is 5.96 Å². The molecule has 1 aliphatic rings. The summed E-state index contributed by atoms with van der Waals surface area (Å²) in [6.07, 6.45) is 0.762. The quantitative estimate of drug-likeness (QED) is 0.501. The Morgan fingerprint density at radius 3 is 3.00 bits per heavy atom. The molecule has 1 rings (SSSR count). The standard InChI is InChI=1S/C9H20N4O/c1-13(2)5-3-4-10-9-11-6-8(14)7-12-9/h8,14H,3-7H2,1-2H3,(H2,10,11,12). The van der Waals surface area contributed by atoms with Crippen molar-refractivity contribution in [2.45, 2.75) is 12.5 Å². The van der Waals surface area contributed by atoms with E-state index in [-0.39, 0.29) is 6.10 Å². The van der Waals surface area contributed by atoms with E-state index < -0.39 is 0 Å². The van der Waals surface area contributed by atoms with E-state index in [4.69, 9.17) is 5.11 Å². The summed E-state index contributed by atoms with van der Waals surface area (Å²) in [5.74, 6) is 0.814. The van der Waals surface area contributed by atoms with Gasteiger partial charge >= 0.3 is 0 Å². The molecule has 0 fully saturated rings. The van der Waals surface area contributed by atoms with Crippen LogP contribution in [0.25, 0.3) is 0 Å². The van der Waals surface area contributed by atoms with Gasteiger partial charge in [0.1, 0.15) is 0 Å². The molecule has 0 saturated heterocycles. The second-order valence-electron chi connectivity index (χ2n) is 3.81. The summed E-state index contributed by atoms with van der Waals surface area (Å²) in [6, 6.07) is 0. The molecule has 1 heterocycles. The number of nitrogens with one attached hydrogen (secondary N) is 2. The Morgan fingerprint density at radius 1 is 1.64 bits per heavy atom. The van der Waals surface area contributed by atoms with Crippen LogP contribution in [0.15, 0.2) is 4.99 Å². The average Bonchev–Trinajstić information content (AvgIpc) is 2.15. The molecule has 14 heavy (non-hydrogen) atoms. The molecule has 5 heteroatoms. The van der Waals surface area contributed by atoms with Crippen molar-refractivity contribution in [2.24, 2.45) is 4.99 Å². The molecule has 0 radical (unpaired) electrons. The molecule has 1 atom stereocenters. The summed E-state index contributed by atoms with van der Waals surface area (Å²) in [5, 5.41) is 15.4. The molecule has 3 N–H and O–H groups in total. The number of aliphatic imine (C=N–C) groups is 1. The lowest BCUT2D eigenvalue weighted by atomic mass is 10.3. The minimum atomic E-state index is -0.331. The number of hydrogen-bond acceptors (Lipinski definition) is 5. The highest BCUT2D eigenvalue weighted by molar-refractivity contribution is 5.80. The molecule has 0 aromatic heterocycles. The number of hydrogen-bond donors (Lipinski definition) is 3. The normalized spacial score (nSPS) is 21.7. The maximum absolute atomic E-state index is 9.17. The Balaban J connectivity index is 2.07. The minimum Gasteiger partial charge on any atom is -0.389 e. The lowest BCUT2D eigenvalue weighted by Gasteiger charge is -2.20. The van der Waals surface area contributed by atoms with E-state index in [0.717, 1.165) is 25.5 Å². The monoisotopic (exact) mass is 200 g/mol. The molecule has 82 valence electrons. The van der Waals surface area contributed by atoms with Crippen LogP contribution in [0.5, 0.6) is 0 Å². The molecule has 1 unspecified atom stereocenters. The molecule has 1 aliphatic heterocycles. The fourth-order valence-electron chi connectivity index (χ4n) is 1.25. The van der Waals surface area contributed by atoms with Crippen molar-refractivity contribution in [1.82, 2.24) is 15.5 Å². The van der Waals surface area contributed by atoms with Gasteiger partial charge in [-0.05, 0) is 27.1 Å². The number of nitrogens with zero attached hydrogens (tertiary/aromatic N) is 2. The first-order valence-corrected chi connectivity index (χ1v) is 5.03. The van der Waals surface area contributed by atoms with Gasteiger partial charge in [0, 0.05) is 13.1 Å². The number of aliphatic hydroxyl groups excluding tert-OH is 1. The van der Waals surface area contributed by atoms with Gasteiger partial charge in [0.25, 0.3) is 0 Å². The van der Waals surface area contributed by atoms with E-state index in [1.165, 1.54) is 0 Å². The molecule has 0 spiro atoms. The Morgan fingerprint density at radius 2 is 2.43 bits per heavy atom. The van der Waals surface area contributed by atoms with E-state index in [9.17, 15) is 0 Å². The third-order valence-corrected chi connectivity index (χ3v) is 2.04. The van der Waals surface area contributed by atoms with Crippen LogP contribution in [-0.4, -0.2) is 62.3 Å². The Labute approximate surface area is 85.2 Å². The lowest BCUT2D eigenvalue weighted by Crippen LogP contribution is -2.46. The summed E-state index contributed by atoms with van der Waals surface area (Å²) < 4.78 is 0. The van der Waals surface area contributed by atoms with Crippen LogP contribution < -0.4 is 10.6 Å². The molecule has 0 aliphatic carbocycles. The highest BCUT2D eigenvalue weighted by Gasteiger charge is 2.10. The van der Waals surface area contributed by atoms with Gasteiger partial charge in [0.05, 0.1) is 12.6 Å². The van der Waals surface area contributed by atoms with E-state index >= 15 is 0 Å². The fourth-order valence-corrected chi connectivity index (χ4v) is 1.25. The molecule has 0 aromatic carbocycles. The average molecular weight is 200 g/mol. The predicted octanol–water partition coefficient (Wildman–Crippen LogP) is -1.15. The van der Waals surface area contributed by atoms with Crippen molar-refractivity contribution in [3.8, 4) is 0 Å². The molecule has 0 amide bonds. The van der Waals surface area contributed by atoms with Crippen molar-refractivity contribution in [3.05, 3.63) is 0 Å². The van der Waals surface area contributed by atoms with Gasteiger partial charge in [-0.15, -0.1) is 0 Å². The SMILES string of the molecule is CN(C)CCCNC1=NCC(O)CN1. The summed E-state index contributed by atoms with van der Waals surface area (Å²) in [5.41, 5.74) is 0. The summed E-state index contributed by atoms with van der Waals surface area (Å²) in [7, 11) is 4.12. The van der Waals surface area contributed by atoms with Crippen LogP contribution in [0.2, 0.25) is 0 Å². The minimum absolute atomic E-state index is 0.331. The van der Waals surface area contributed by atoms with E-state index in [2.05, 4.69) is 34.6 Å². The van der Waals surface area contributed by atoms with Crippen LogP contribution in [0, 0.1) is 0 Å². The second-order valence-corrected chi connectivity index (χ2v) is 3.81. The highest BCUT2D eigenvalue weighted by atomic mass is 16.3. The van der Waals surface area contributed by atoms with Crippen LogP contribution in [-0.2, 0) is 0 Å². The fraction of sp³-hybridized carbons (Fsp3) is 0.889. The largest absolute Gasteiger partial charge is 0.389 e. The number of rotatable bonds is 4. The smallest absolute Gasteiger partial charge is 0.191 e. The van der Waals surface area contributed by atoms with Gasteiger partial charge in [-0.3, -0.25) is 4.99 Å². The zero-order valence-corrected chi connectivity index (χ0v) is 8.95. The Bertz CT molecular complexity index is 193. The molecule has 5 nitrogen and oxygen atoms in total. The maximum atomic E-state index is 9.17. The van der Waals surface area contributed by atoms with Crippen LogP contribution >= 0.6 is 0 Å². The van der Waals surface area contributed by atoms with Crippen LogP contribution in [0.4, 0.5) is 0 Å². The van der Waals surface area contributed by atoms with Crippen LogP contribution in [0.1, 0.15) is 6.42 Å². The first-order chi connectivity index (χ1) is 6.68. The Hall–Kier alpha value is -0.810. The highest BCUT2D eigenvalue weighted by Crippen LogP contribution is 1.89. The molecule has 0 saturated carbocycles. The molecule has 0 aromatic rings. The van der Waals surface area contributed by atoms with Crippen molar-refractivity contribution in [1.29, 1.82) is 0 Å². The number of guanidine groups is 1. The van der Waals surface area contributed by atoms with Gasteiger partial charge in [-0.2, -0.15) is 0 Å². The van der Waals surface area contributed by atoms with Gasteiger partial charge in [0.2, 0.25) is 0 Å². The molecular weight excluding hydrogens is 180 g/mol. The van der Waals surface area contributed by atoms with Crippen LogP contribution in [0.3, 0.4) is 0 Å². The van der Waals surface area contributed by atoms with Gasteiger partial charge in [-0.25, -0.2) is 0 Å². The lowest BCUT2D eigenvalue weighted by molar-refractivity contribution is 0.180.